The predicted molar refractivity (Wildman–Crippen MR) is 159 cm³/mol. The quantitative estimate of drug-likeness (QED) is 0.296. The number of rotatable bonds is 10. The van der Waals surface area contributed by atoms with Gasteiger partial charge in [-0.3, -0.25) is 13.9 Å². The molecule has 1 N–H and O–H groups in total. The molecule has 1 fully saturated rings. The van der Waals surface area contributed by atoms with Crippen molar-refractivity contribution in [2.75, 3.05) is 10.8 Å². The van der Waals surface area contributed by atoms with Crippen molar-refractivity contribution in [3.05, 3.63) is 93.7 Å². The first-order chi connectivity index (χ1) is 19.5. The molecule has 41 heavy (non-hydrogen) atoms. The van der Waals surface area contributed by atoms with E-state index in [4.69, 9.17) is 23.2 Å². The van der Waals surface area contributed by atoms with Crippen LogP contribution in [0, 0.1) is 12.7 Å². The fraction of sp³-hybridized carbons (Fsp3) is 0.333. The summed E-state index contributed by atoms with van der Waals surface area (Å²) in [5.41, 5.74) is 1.46. The molecule has 1 aliphatic carbocycles. The topological polar surface area (TPSA) is 86.8 Å². The highest BCUT2D eigenvalue weighted by Crippen LogP contribution is 2.33. The minimum atomic E-state index is -4.29. The van der Waals surface area contributed by atoms with Gasteiger partial charge in [-0.1, -0.05) is 65.9 Å². The van der Waals surface area contributed by atoms with Gasteiger partial charge < -0.3 is 10.2 Å². The van der Waals surface area contributed by atoms with E-state index in [9.17, 15) is 22.4 Å². The van der Waals surface area contributed by atoms with E-state index in [1.54, 1.807) is 19.1 Å². The molecular formula is C30H32Cl2FN3O4S. The Labute approximate surface area is 250 Å². The number of amides is 2. The lowest BCUT2D eigenvalue weighted by Crippen LogP contribution is -2.52. The zero-order chi connectivity index (χ0) is 29.7. The summed E-state index contributed by atoms with van der Waals surface area (Å²) >= 11 is 12.6. The van der Waals surface area contributed by atoms with Crippen molar-refractivity contribution in [2.24, 2.45) is 0 Å². The minimum absolute atomic E-state index is 0.0244. The highest BCUT2D eigenvalue weighted by molar-refractivity contribution is 7.92. The third-order valence-electron chi connectivity index (χ3n) is 7.20. The molecular weight excluding hydrogens is 588 g/mol. The van der Waals surface area contributed by atoms with Gasteiger partial charge in [0.15, 0.2) is 0 Å². The van der Waals surface area contributed by atoms with Crippen molar-refractivity contribution in [2.45, 2.75) is 63.1 Å². The molecule has 0 aromatic heterocycles. The van der Waals surface area contributed by atoms with Gasteiger partial charge in [0.1, 0.15) is 18.4 Å². The summed E-state index contributed by atoms with van der Waals surface area (Å²) in [7, 11) is -4.29. The molecule has 1 unspecified atom stereocenters. The molecule has 3 aromatic rings. The van der Waals surface area contributed by atoms with Gasteiger partial charge in [-0.25, -0.2) is 12.8 Å². The van der Waals surface area contributed by atoms with Crippen LogP contribution in [0.15, 0.2) is 71.6 Å². The van der Waals surface area contributed by atoms with Crippen molar-refractivity contribution in [3.63, 3.8) is 0 Å². The van der Waals surface area contributed by atoms with Crippen molar-refractivity contribution in [3.8, 4) is 0 Å². The van der Waals surface area contributed by atoms with Gasteiger partial charge in [0.2, 0.25) is 11.8 Å². The van der Waals surface area contributed by atoms with E-state index in [1.807, 2.05) is 6.92 Å². The smallest absolute Gasteiger partial charge is 0.264 e. The Balaban J connectivity index is 1.71. The summed E-state index contributed by atoms with van der Waals surface area (Å²) in [5, 5.41) is 3.32. The number of hydrogen-bond acceptors (Lipinski definition) is 4. The van der Waals surface area contributed by atoms with Crippen molar-refractivity contribution in [1.82, 2.24) is 10.2 Å². The number of aryl methyl sites for hydroxylation is 1. The van der Waals surface area contributed by atoms with Crippen LogP contribution in [0.2, 0.25) is 10.0 Å². The van der Waals surface area contributed by atoms with Gasteiger partial charge in [0, 0.05) is 17.6 Å². The maximum Gasteiger partial charge on any atom is 0.264 e. The Hall–Kier alpha value is -3.14. The number of carbonyl (C=O) groups excluding carboxylic acids is 2. The highest BCUT2D eigenvalue weighted by atomic mass is 35.5. The number of sulfonamides is 1. The van der Waals surface area contributed by atoms with Crippen LogP contribution in [-0.2, 0) is 26.2 Å². The van der Waals surface area contributed by atoms with Crippen LogP contribution in [-0.4, -0.2) is 43.8 Å². The number of benzene rings is 3. The summed E-state index contributed by atoms with van der Waals surface area (Å²) in [4.78, 5) is 28.5. The van der Waals surface area contributed by atoms with Crippen LogP contribution >= 0.6 is 23.2 Å². The second-order valence-corrected chi connectivity index (χ2v) is 12.9. The Morgan fingerprint density at radius 2 is 1.63 bits per heavy atom. The average molecular weight is 621 g/mol. The molecule has 11 heteroatoms. The van der Waals surface area contributed by atoms with Gasteiger partial charge >= 0.3 is 0 Å². The fourth-order valence-corrected chi connectivity index (χ4v) is 6.65. The van der Waals surface area contributed by atoms with Gasteiger partial charge in [-0.2, -0.15) is 0 Å². The molecule has 0 spiro atoms. The molecule has 7 nitrogen and oxygen atoms in total. The lowest BCUT2D eigenvalue weighted by atomic mass is 10.1. The predicted octanol–water partition coefficient (Wildman–Crippen LogP) is 6.11. The Kier molecular flexibility index (Phi) is 9.94. The normalized spacial score (nSPS) is 14.5. The zero-order valence-electron chi connectivity index (χ0n) is 22.8. The van der Waals surface area contributed by atoms with Crippen molar-refractivity contribution in [1.29, 1.82) is 0 Å². The number of hydrogen-bond donors (Lipinski definition) is 1. The Morgan fingerprint density at radius 1 is 1.00 bits per heavy atom. The number of halogens is 3. The van der Waals surface area contributed by atoms with E-state index < -0.39 is 34.3 Å². The van der Waals surface area contributed by atoms with Gasteiger partial charge in [0.25, 0.3) is 10.0 Å². The van der Waals surface area contributed by atoms with Crippen molar-refractivity contribution >= 4 is 50.7 Å². The zero-order valence-corrected chi connectivity index (χ0v) is 25.1. The number of nitrogens with one attached hydrogen (secondary N) is 1. The monoisotopic (exact) mass is 619 g/mol. The molecule has 3 aromatic carbocycles. The summed E-state index contributed by atoms with van der Waals surface area (Å²) in [6.45, 7) is 2.73. The molecule has 4 rings (SSSR count). The second kappa shape index (κ2) is 13.2. The third kappa shape index (κ3) is 7.58. The van der Waals surface area contributed by atoms with Gasteiger partial charge in [-0.15, -0.1) is 0 Å². The minimum Gasteiger partial charge on any atom is -0.352 e. The standard InChI is InChI=1S/C30H32Cl2FN3O4S/c1-20-7-14-26(15-8-20)41(39,40)36(28-17-23(31)11-16-27(28)32)19-29(37)35(18-22-9-12-24(33)13-10-22)21(2)30(38)34-25-5-3-4-6-25/h7-17,21,25H,3-6,18-19H2,1-2H3,(H,34,38). The van der Waals surface area contributed by atoms with E-state index >= 15 is 0 Å². The highest BCUT2D eigenvalue weighted by Gasteiger charge is 2.34. The maximum absolute atomic E-state index is 14.0. The molecule has 2 amide bonds. The lowest BCUT2D eigenvalue weighted by Gasteiger charge is -2.32. The Bertz CT molecular complexity index is 1500. The number of nitrogens with zero attached hydrogens (tertiary/aromatic N) is 2. The van der Waals surface area contributed by atoms with Crippen LogP contribution in [0.5, 0.6) is 0 Å². The largest absolute Gasteiger partial charge is 0.352 e. The molecule has 0 radical (unpaired) electrons. The van der Waals surface area contributed by atoms with Crippen molar-refractivity contribution < 1.29 is 22.4 Å². The SMILES string of the molecule is Cc1ccc(S(=O)(=O)N(CC(=O)N(Cc2ccc(F)cc2)C(C)C(=O)NC2CCCC2)c2cc(Cl)ccc2Cl)cc1. The molecule has 0 saturated heterocycles. The summed E-state index contributed by atoms with van der Waals surface area (Å²) in [6, 6.07) is 15.2. The summed E-state index contributed by atoms with van der Waals surface area (Å²) < 4.78 is 42.4. The summed E-state index contributed by atoms with van der Waals surface area (Å²) in [5.74, 6) is -1.43. The average Bonchev–Trinajstić information content (AvgIpc) is 3.45. The molecule has 1 saturated carbocycles. The Morgan fingerprint density at radius 3 is 2.27 bits per heavy atom. The summed E-state index contributed by atoms with van der Waals surface area (Å²) in [6.07, 6.45) is 3.76. The van der Waals surface area contributed by atoms with E-state index in [0.29, 0.717) is 5.56 Å². The molecule has 218 valence electrons. The first-order valence-corrected chi connectivity index (χ1v) is 15.5. The number of anilines is 1. The van der Waals surface area contributed by atoms with Crippen LogP contribution in [0.3, 0.4) is 0 Å². The first-order valence-electron chi connectivity index (χ1n) is 13.3. The van der Waals surface area contributed by atoms with Crippen LogP contribution in [0.4, 0.5) is 10.1 Å². The lowest BCUT2D eigenvalue weighted by molar-refractivity contribution is -0.139. The van der Waals surface area contributed by atoms with Crippen LogP contribution in [0.1, 0.15) is 43.7 Å². The third-order valence-corrected chi connectivity index (χ3v) is 9.53. The van der Waals surface area contributed by atoms with E-state index in [0.717, 1.165) is 35.6 Å². The molecule has 0 heterocycles. The van der Waals surface area contributed by atoms with Crippen LogP contribution < -0.4 is 9.62 Å². The molecule has 1 aliphatic rings. The number of carbonyl (C=O) groups is 2. The molecule has 0 aliphatic heterocycles. The van der Waals surface area contributed by atoms with Crippen LogP contribution in [0.25, 0.3) is 0 Å². The molecule has 0 bridgehead atoms. The van der Waals surface area contributed by atoms with Gasteiger partial charge in [-0.05, 0) is 74.7 Å². The fourth-order valence-electron chi connectivity index (χ4n) is 4.79. The maximum atomic E-state index is 14.0. The van der Waals surface area contributed by atoms with Gasteiger partial charge in [0.05, 0.1) is 15.6 Å². The molecule has 1 atom stereocenters. The van der Waals surface area contributed by atoms with E-state index in [1.165, 1.54) is 59.5 Å². The van der Waals surface area contributed by atoms with E-state index in [-0.39, 0.29) is 39.1 Å². The van der Waals surface area contributed by atoms with E-state index in [2.05, 4.69) is 5.32 Å². The second-order valence-electron chi connectivity index (χ2n) is 10.2. The first kappa shape index (κ1) is 30.8.